The van der Waals surface area contributed by atoms with Crippen LogP contribution in [0, 0.1) is 12.8 Å². The number of thiophene rings is 1. The lowest BCUT2D eigenvalue weighted by Crippen LogP contribution is -2.52. The molecule has 2 atom stereocenters. The molecule has 0 aliphatic carbocycles. The Kier molecular flexibility index (Phi) is 5.46. The van der Waals surface area contributed by atoms with Crippen molar-refractivity contribution in [3.8, 4) is 0 Å². The smallest absolute Gasteiger partial charge is 0.261 e. The van der Waals surface area contributed by atoms with Crippen LogP contribution >= 0.6 is 11.3 Å². The second-order valence-corrected chi connectivity index (χ2v) is 6.90. The average molecular weight is 324 g/mol. The van der Waals surface area contributed by atoms with Crippen LogP contribution in [-0.4, -0.2) is 62.9 Å². The summed E-state index contributed by atoms with van der Waals surface area (Å²) in [5.74, 6) is 0.549. The lowest BCUT2D eigenvalue weighted by atomic mass is 9.97. The number of amides is 1. The minimum absolute atomic E-state index is 0.0460. The quantitative estimate of drug-likeness (QED) is 0.892. The Hall–Kier alpha value is -0.950. The topological polar surface area (TPSA) is 50.8 Å². The molecule has 2 aliphatic rings. The molecule has 1 aromatic heterocycles. The monoisotopic (exact) mass is 324 g/mol. The Labute approximate surface area is 135 Å². The van der Waals surface area contributed by atoms with Gasteiger partial charge in [-0.25, -0.2) is 0 Å². The third kappa shape index (κ3) is 3.68. The van der Waals surface area contributed by atoms with Gasteiger partial charge in [0.05, 0.1) is 24.7 Å². The van der Waals surface area contributed by atoms with E-state index in [2.05, 4.69) is 10.2 Å². The highest BCUT2D eigenvalue weighted by molar-refractivity contribution is 7.12. The van der Waals surface area contributed by atoms with Gasteiger partial charge in [0.15, 0.2) is 0 Å². The maximum atomic E-state index is 12.4. The van der Waals surface area contributed by atoms with Crippen LogP contribution in [0.15, 0.2) is 11.4 Å². The first-order valence-corrected chi connectivity index (χ1v) is 8.85. The molecule has 2 aliphatic heterocycles. The number of nitrogens with one attached hydrogen (secondary N) is 1. The van der Waals surface area contributed by atoms with Crippen molar-refractivity contribution in [1.29, 1.82) is 0 Å². The van der Waals surface area contributed by atoms with E-state index < -0.39 is 0 Å². The van der Waals surface area contributed by atoms with E-state index in [0.29, 0.717) is 18.5 Å². The maximum Gasteiger partial charge on any atom is 0.261 e. The molecule has 0 aromatic carbocycles. The zero-order chi connectivity index (χ0) is 15.4. The fraction of sp³-hybridized carbons (Fsp3) is 0.688. The van der Waals surface area contributed by atoms with Crippen molar-refractivity contribution in [1.82, 2.24) is 10.2 Å². The lowest BCUT2D eigenvalue weighted by molar-refractivity contribution is 0.00167. The highest BCUT2D eigenvalue weighted by Crippen LogP contribution is 2.22. The summed E-state index contributed by atoms with van der Waals surface area (Å²) in [6.07, 6.45) is 1.08. The normalized spacial score (nSPS) is 24.3. The first kappa shape index (κ1) is 15.9. The van der Waals surface area contributed by atoms with Gasteiger partial charge >= 0.3 is 0 Å². The van der Waals surface area contributed by atoms with Crippen molar-refractivity contribution in [3.05, 3.63) is 21.9 Å². The summed E-state index contributed by atoms with van der Waals surface area (Å²) in [4.78, 5) is 15.6. The van der Waals surface area contributed by atoms with Crippen LogP contribution in [-0.2, 0) is 9.47 Å². The molecule has 1 aromatic rings. The second kappa shape index (κ2) is 7.55. The van der Waals surface area contributed by atoms with Gasteiger partial charge in [-0.1, -0.05) is 0 Å². The van der Waals surface area contributed by atoms with Gasteiger partial charge in [-0.15, -0.1) is 11.3 Å². The van der Waals surface area contributed by atoms with Crippen LogP contribution in [0.3, 0.4) is 0 Å². The number of hydrogen-bond donors (Lipinski definition) is 1. The summed E-state index contributed by atoms with van der Waals surface area (Å²) >= 11 is 1.51. The Bertz CT molecular complexity index is 493. The van der Waals surface area contributed by atoms with Gasteiger partial charge in [0.2, 0.25) is 0 Å². The summed E-state index contributed by atoms with van der Waals surface area (Å²) < 4.78 is 11.0. The molecular formula is C16H24N2O3S. The minimum atomic E-state index is 0.0460. The number of rotatable bonds is 5. The van der Waals surface area contributed by atoms with E-state index >= 15 is 0 Å². The number of carbonyl (C=O) groups is 1. The molecule has 22 heavy (non-hydrogen) atoms. The summed E-state index contributed by atoms with van der Waals surface area (Å²) in [6, 6.07) is 2.33. The van der Waals surface area contributed by atoms with Crippen molar-refractivity contribution in [2.45, 2.75) is 19.4 Å². The zero-order valence-electron chi connectivity index (χ0n) is 13.0. The van der Waals surface area contributed by atoms with E-state index in [1.165, 1.54) is 11.3 Å². The van der Waals surface area contributed by atoms with E-state index in [0.717, 1.165) is 56.4 Å². The Morgan fingerprint density at radius 3 is 2.86 bits per heavy atom. The fourth-order valence-corrected chi connectivity index (χ4v) is 4.08. The van der Waals surface area contributed by atoms with E-state index in [1.807, 2.05) is 18.4 Å². The molecule has 6 heteroatoms. The second-order valence-electron chi connectivity index (χ2n) is 5.98. The number of carbonyl (C=O) groups excluding carboxylic acids is 1. The van der Waals surface area contributed by atoms with Crippen LogP contribution in [0.1, 0.15) is 21.7 Å². The van der Waals surface area contributed by atoms with Gasteiger partial charge in [0.25, 0.3) is 5.91 Å². The molecule has 1 amide bonds. The highest BCUT2D eigenvalue weighted by atomic mass is 32.1. The van der Waals surface area contributed by atoms with Crippen LogP contribution in [0.5, 0.6) is 0 Å². The predicted octanol–water partition coefficient (Wildman–Crippen LogP) is 1.52. The van der Waals surface area contributed by atoms with Gasteiger partial charge in [0, 0.05) is 38.2 Å². The van der Waals surface area contributed by atoms with Crippen LogP contribution in [0.2, 0.25) is 0 Å². The average Bonchev–Trinajstić information content (AvgIpc) is 3.20. The molecule has 5 nitrogen and oxygen atoms in total. The van der Waals surface area contributed by atoms with Crippen molar-refractivity contribution in [3.63, 3.8) is 0 Å². The summed E-state index contributed by atoms with van der Waals surface area (Å²) in [7, 11) is 0. The van der Waals surface area contributed by atoms with Gasteiger partial charge in [-0.05, 0) is 30.4 Å². The Morgan fingerprint density at radius 2 is 2.23 bits per heavy atom. The van der Waals surface area contributed by atoms with E-state index in [-0.39, 0.29) is 5.91 Å². The SMILES string of the molecule is Cc1ccsc1C(=O)NC[C@@H]([C@@H]1CCOC1)N1CCOCC1. The van der Waals surface area contributed by atoms with Crippen LogP contribution in [0.4, 0.5) is 0 Å². The van der Waals surface area contributed by atoms with Gasteiger partial charge in [0.1, 0.15) is 0 Å². The summed E-state index contributed by atoms with van der Waals surface area (Å²) in [5, 5.41) is 5.10. The third-order valence-electron chi connectivity index (χ3n) is 4.56. The van der Waals surface area contributed by atoms with Crippen molar-refractivity contribution in [2.75, 3.05) is 46.1 Å². The Balaban J connectivity index is 1.62. The number of ether oxygens (including phenoxy) is 2. The molecule has 0 saturated carbocycles. The maximum absolute atomic E-state index is 12.4. The van der Waals surface area contributed by atoms with E-state index in [4.69, 9.17) is 9.47 Å². The molecule has 0 radical (unpaired) electrons. The molecule has 2 fully saturated rings. The third-order valence-corrected chi connectivity index (χ3v) is 5.58. The standard InChI is InChI=1S/C16H24N2O3S/c1-12-3-9-22-15(12)16(19)17-10-14(13-2-6-21-11-13)18-4-7-20-8-5-18/h3,9,13-14H,2,4-8,10-11H2,1H3,(H,17,19)/t13-,14+/m1/s1. The largest absolute Gasteiger partial charge is 0.381 e. The highest BCUT2D eigenvalue weighted by Gasteiger charge is 2.31. The molecule has 122 valence electrons. The number of aryl methyl sites for hydroxylation is 1. The molecular weight excluding hydrogens is 300 g/mol. The Morgan fingerprint density at radius 1 is 1.41 bits per heavy atom. The van der Waals surface area contributed by atoms with E-state index in [9.17, 15) is 4.79 Å². The van der Waals surface area contributed by atoms with Crippen molar-refractivity contribution < 1.29 is 14.3 Å². The van der Waals surface area contributed by atoms with E-state index in [1.54, 1.807) is 0 Å². The molecule has 3 rings (SSSR count). The molecule has 2 saturated heterocycles. The van der Waals surface area contributed by atoms with Crippen molar-refractivity contribution in [2.24, 2.45) is 5.92 Å². The van der Waals surface area contributed by atoms with Gasteiger partial charge in [-0.3, -0.25) is 9.69 Å². The molecule has 0 bridgehead atoms. The first-order valence-electron chi connectivity index (χ1n) is 7.97. The number of nitrogens with zero attached hydrogens (tertiary/aromatic N) is 1. The minimum Gasteiger partial charge on any atom is -0.381 e. The summed E-state index contributed by atoms with van der Waals surface area (Å²) in [6.45, 7) is 7.74. The lowest BCUT2D eigenvalue weighted by Gasteiger charge is -2.37. The fourth-order valence-electron chi connectivity index (χ4n) is 3.24. The number of morpholine rings is 1. The first-order chi connectivity index (χ1) is 10.8. The summed E-state index contributed by atoms with van der Waals surface area (Å²) in [5.41, 5.74) is 1.05. The van der Waals surface area contributed by atoms with Crippen molar-refractivity contribution >= 4 is 17.2 Å². The van der Waals surface area contributed by atoms with Crippen LogP contribution in [0.25, 0.3) is 0 Å². The molecule has 1 N–H and O–H groups in total. The van der Waals surface area contributed by atoms with Gasteiger partial charge in [-0.2, -0.15) is 0 Å². The molecule has 0 unspecified atom stereocenters. The molecule has 0 spiro atoms. The molecule has 3 heterocycles. The predicted molar refractivity (Wildman–Crippen MR) is 86.5 cm³/mol. The zero-order valence-corrected chi connectivity index (χ0v) is 13.9. The van der Waals surface area contributed by atoms with Gasteiger partial charge < -0.3 is 14.8 Å². The number of hydrogen-bond acceptors (Lipinski definition) is 5. The van der Waals surface area contributed by atoms with Crippen LogP contribution < -0.4 is 5.32 Å².